The zero-order chi connectivity index (χ0) is 25.6. The van der Waals surface area contributed by atoms with Crippen molar-refractivity contribution in [3.05, 3.63) is 84.2 Å². The summed E-state index contributed by atoms with van der Waals surface area (Å²) >= 11 is 0. The molecule has 9 nitrogen and oxygen atoms in total. The van der Waals surface area contributed by atoms with E-state index in [2.05, 4.69) is 28.0 Å². The number of carboxylic acid groups (broad SMARTS) is 1. The van der Waals surface area contributed by atoms with E-state index in [9.17, 15) is 9.90 Å². The Morgan fingerprint density at radius 2 is 1.68 bits per heavy atom. The number of aromatic nitrogens is 4. The third-order valence-corrected chi connectivity index (χ3v) is 7.46. The molecule has 2 saturated heterocycles. The van der Waals surface area contributed by atoms with Crippen molar-refractivity contribution in [1.82, 2.24) is 19.6 Å². The van der Waals surface area contributed by atoms with Crippen LogP contribution in [0.25, 0.3) is 27.8 Å². The van der Waals surface area contributed by atoms with Gasteiger partial charge in [-0.05, 0) is 36.4 Å². The molecular weight excluding hydrogens is 480 g/mol. The number of hydrogen-bond donors (Lipinski definition) is 1. The molecule has 190 valence electrons. The lowest BCUT2D eigenvalue weighted by atomic mass is 9.92. The molecule has 38 heavy (non-hydrogen) atoms. The molecule has 5 aromatic rings. The molecule has 2 aromatic carbocycles. The predicted octanol–water partition coefficient (Wildman–Crippen LogP) is 4.08. The molecular formula is C29H26N6O3. The quantitative estimate of drug-likeness (QED) is 0.381. The van der Waals surface area contributed by atoms with E-state index in [1.807, 2.05) is 47.1 Å². The van der Waals surface area contributed by atoms with Gasteiger partial charge in [0.1, 0.15) is 5.82 Å². The van der Waals surface area contributed by atoms with E-state index < -0.39 is 5.97 Å². The van der Waals surface area contributed by atoms with Gasteiger partial charge in [-0.2, -0.15) is 5.10 Å². The van der Waals surface area contributed by atoms with Gasteiger partial charge in [0.05, 0.1) is 47.6 Å². The Morgan fingerprint density at radius 3 is 2.47 bits per heavy atom. The number of fused-ring (bicyclic) bond motifs is 2. The molecule has 0 atom stereocenters. The Labute approximate surface area is 218 Å². The lowest BCUT2D eigenvalue weighted by molar-refractivity contribution is 0.0697. The molecule has 5 heterocycles. The number of benzene rings is 2. The summed E-state index contributed by atoms with van der Waals surface area (Å²) in [5.41, 5.74) is 5.85. The number of para-hydroxylation sites is 1. The van der Waals surface area contributed by atoms with Crippen LogP contribution in [0, 0.1) is 0 Å². The maximum Gasteiger partial charge on any atom is 0.335 e. The van der Waals surface area contributed by atoms with Gasteiger partial charge in [-0.15, -0.1) is 0 Å². The minimum absolute atomic E-state index is 0.191. The highest BCUT2D eigenvalue weighted by atomic mass is 16.5. The van der Waals surface area contributed by atoms with E-state index in [1.54, 1.807) is 12.1 Å². The van der Waals surface area contributed by atoms with Gasteiger partial charge in [0.2, 0.25) is 0 Å². The number of morpholine rings is 1. The number of hydrogen-bond acceptors (Lipinski definition) is 7. The molecule has 2 aliphatic heterocycles. The van der Waals surface area contributed by atoms with E-state index >= 15 is 0 Å². The first-order valence-electron chi connectivity index (χ1n) is 12.8. The molecule has 0 aliphatic carbocycles. The van der Waals surface area contributed by atoms with Crippen LogP contribution in [0.4, 0.5) is 11.5 Å². The van der Waals surface area contributed by atoms with Crippen LogP contribution in [-0.2, 0) is 4.74 Å². The molecule has 7 rings (SSSR count). The number of pyridine rings is 1. The van der Waals surface area contributed by atoms with Gasteiger partial charge in [-0.1, -0.05) is 30.3 Å². The van der Waals surface area contributed by atoms with Gasteiger partial charge in [0, 0.05) is 43.0 Å². The summed E-state index contributed by atoms with van der Waals surface area (Å²) in [6.45, 7) is 4.55. The van der Waals surface area contributed by atoms with Gasteiger partial charge < -0.3 is 19.6 Å². The fraction of sp³-hybridized carbons (Fsp3) is 0.241. The summed E-state index contributed by atoms with van der Waals surface area (Å²) in [7, 11) is 0. The summed E-state index contributed by atoms with van der Waals surface area (Å²) in [6, 6.07) is 21.3. The lowest BCUT2D eigenvalue weighted by Crippen LogP contribution is -2.45. The van der Waals surface area contributed by atoms with Gasteiger partial charge in [-0.25, -0.2) is 19.3 Å². The van der Waals surface area contributed by atoms with E-state index in [4.69, 9.17) is 19.8 Å². The number of carbonyl (C=O) groups is 1. The minimum Gasteiger partial charge on any atom is -0.478 e. The van der Waals surface area contributed by atoms with Crippen LogP contribution in [0.2, 0.25) is 0 Å². The second kappa shape index (κ2) is 9.11. The number of nitrogens with zero attached hydrogens (tertiary/aromatic N) is 6. The van der Waals surface area contributed by atoms with Crippen LogP contribution >= 0.6 is 0 Å². The molecule has 2 fully saturated rings. The first kappa shape index (κ1) is 22.7. The average Bonchev–Trinajstić information content (AvgIpc) is 3.32. The molecule has 0 saturated carbocycles. The van der Waals surface area contributed by atoms with Crippen molar-refractivity contribution in [1.29, 1.82) is 0 Å². The van der Waals surface area contributed by atoms with Crippen LogP contribution in [0.15, 0.2) is 72.9 Å². The largest absolute Gasteiger partial charge is 0.478 e. The second-order valence-electron chi connectivity index (χ2n) is 9.74. The number of imidazole rings is 1. The Morgan fingerprint density at radius 1 is 0.895 bits per heavy atom. The maximum atomic E-state index is 11.5. The second-order valence-corrected chi connectivity index (χ2v) is 9.74. The highest BCUT2D eigenvalue weighted by Crippen LogP contribution is 2.38. The third-order valence-electron chi connectivity index (χ3n) is 7.46. The molecule has 0 bridgehead atoms. The summed E-state index contributed by atoms with van der Waals surface area (Å²) in [6.07, 6.45) is 1.81. The Balaban J connectivity index is 1.28. The lowest BCUT2D eigenvalue weighted by Gasteiger charge is -2.39. The average molecular weight is 507 g/mol. The normalized spacial score (nSPS) is 16.2. The number of anilines is 2. The first-order chi connectivity index (χ1) is 18.7. The standard InChI is InChI=1S/C29H26N6O3/c36-29(37)21-7-5-20(6-8-21)27-26(32-28-24(11-12-30-35(27)28)33-13-15-38-16-14-33)22-17-34(18-22)25-10-9-19-3-1-2-4-23(19)31-25/h1-12,22H,13-18H2,(H,36,37). The van der Waals surface area contributed by atoms with E-state index in [0.717, 1.165) is 71.2 Å². The van der Waals surface area contributed by atoms with Gasteiger partial charge in [-0.3, -0.25) is 0 Å². The highest BCUT2D eigenvalue weighted by molar-refractivity contribution is 5.88. The molecule has 9 heteroatoms. The van der Waals surface area contributed by atoms with Crippen LogP contribution in [-0.4, -0.2) is 70.1 Å². The topological polar surface area (TPSA) is 96.1 Å². The number of carboxylic acids is 1. The Hall–Kier alpha value is -4.50. The zero-order valence-electron chi connectivity index (χ0n) is 20.7. The molecule has 0 unspecified atom stereocenters. The van der Waals surface area contributed by atoms with Gasteiger partial charge in [0.15, 0.2) is 5.65 Å². The van der Waals surface area contributed by atoms with Crippen molar-refractivity contribution >= 4 is 34.0 Å². The SMILES string of the molecule is O=C(O)c1ccc(-c2c(C3CN(c4ccc5ccccc5n4)C3)nc3c(N4CCOCC4)ccnn23)cc1. The van der Waals surface area contributed by atoms with E-state index in [0.29, 0.717) is 13.2 Å². The van der Waals surface area contributed by atoms with Gasteiger partial charge >= 0.3 is 5.97 Å². The monoisotopic (exact) mass is 506 g/mol. The van der Waals surface area contributed by atoms with Gasteiger partial charge in [0.25, 0.3) is 0 Å². The van der Waals surface area contributed by atoms with Crippen molar-refractivity contribution < 1.29 is 14.6 Å². The van der Waals surface area contributed by atoms with Crippen LogP contribution in [0.5, 0.6) is 0 Å². The van der Waals surface area contributed by atoms with E-state index in [1.165, 1.54) is 0 Å². The molecule has 0 spiro atoms. The van der Waals surface area contributed by atoms with Crippen molar-refractivity contribution in [3.8, 4) is 11.3 Å². The third kappa shape index (κ3) is 3.83. The Bertz CT molecular complexity index is 1650. The van der Waals surface area contributed by atoms with Crippen molar-refractivity contribution in [2.75, 3.05) is 49.2 Å². The summed E-state index contributed by atoms with van der Waals surface area (Å²) in [4.78, 5) is 26.1. The number of aromatic carboxylic acids is 1. The summed E-state index contributed by atoms with van der Waals surface area (Å²) in [5, 5.41) is 15.2. The van der Waals surface area contributed by atoms with Crippen LogP contribution < -0.4 is 9.80 Å². The fourth-order valence-electron chi connectivity index (χ4n) is 5.40. The maximum absolute atomic E-state index is 11.5. The van der Waals surface area contributed by atoms with Crippen LogP contribution in [0.3, 0.4) is 0 Å². The predicted molar refractivity (Wildman–Crippen MR) is 145 cm³/mol. The Kier molecular flexibility index (Phi) is 5.44. The number of ether oxygens (including phenoxy) is 1. The summed E-state index contributed by atoms with van der Waals surface area (Å²) < 4.78 is 7.47. The molecule has 2 aliphatic rings. The molecule has 0 radical (unpaired) electrons. The molecule has 0 amide bonds. The molecule has 3 aromatic heterocycles. The highest BCUT2D eigenvalue weighted by Gasteiger charge is 2.35. The first-order valence-corrected chi connectivity index (χ1v) is 12.8. The minimum atomic E-state index is -0.944. The molecule has 1 N–H and O–H groups in total. The zero-order valence-corrected chi connectivity index (χ0v) is 20.7. The van der Waals surface area contributed by atoms with Crippen LogP contribution in [0.1, 0.15) is 22.0 Å². The smallest absolute Gasteiger partial charge is 0.335 e. The van der Waals surface area contributed by atoms with Crippen molar-refractivity contribution in [2.24, 2.45) is 0 Å². The number of rotatable bonds is 5. The van der Waals surface area contributed by atoms with Crippen molar-refractivity contribution in [3.63, 3.8) is 0 Å². The summed E-state index contributed by atoms with van der Waals surface area (Å²) in [5.74, 6) is 0.208. The fourth-order valence-corrected chi connectivity index (χ4v) is 5.40. The van der Waals surface area contributed by atoms with Crippen molar-refractivity contribution in [2.45, 2.75) is 5.92 Å². The van der Waals surface area contributed by atoms with E-state index in [-0.39, 0.29) is 11.5 Å².